The third-order valence-corrected chi connectivity index (χ3v) is 7.83. The van der Waals surface area contributed by atoms with Crippen LogP contribution in [0.3, 0.4) is 0 Å². The third kappa shape index (κ3) is 3.54. The smallest absolute Gasteiger partial charge is 0.276 e. The van der Waals surface area contributed by atoms with Gasteiger partial charge in [-0.3, -0.25) is 15.1 Å². The molecule has 0 bridgehead atoms. The van der Waals surface area contributed by atoms with Gasteiger partial charge in [-0.2, -0.15) is 0 Å². The number of nitrogens with one attached hydrogen (secondary N) is 1. The lowest BCUT2D eigenvalue weighted by atomic mass is 9.68. The topological polar surface area (TPSA) is 83.2 Å². The lowest BCUT2D eigenvalue weighted by Crippen LogP contribution is -2.67. The second kappa shape index (κ2) is 7.92. The minimum atomic E-state index is -2.78. The SMILES string of the molecule is C[C@H]1CN2c3c(cc4c(C(=O)N5CCC(F)(F)CC5)noc4c3F)CC3(C=NCNC3)[C@@H]2[C@@H](C)O1. The molecule has 4 aliphatic rings. The molecule has 8 nitrogen and oxygen atoms in total. The number of alkyl halides is 2. The summed E-state index contributed by atoms with van der Waals surface area (Å²) in [4.78, 5) is 21.0. The summed E-state index contributed by atoms with van der Waals surface area (Å²) >= 11 is 0. The second-order valence-corrected chi connectivity index (χ2v) is 10.3. The van der Waals surface area contributed by atoms with Gasteiger partial charge in [-0.15, -0.1) is 0 Å². The van der Waals surface area contributed by atoms with Crippen LogP contribution in [-0.2, 0) is 11.2 Å². The number of anilines is 1. The largest absolute Gasteiger partial charge is 0.372 e. The molecular formula is C24H28F3N5O3. The van der Waals surface area contributed by atoms with Crippen LogP contribution in [0.25, 0.3) is 11.0 Å². The summed E-state index contributed by atoms with van der Waals surface area (Å²) in [5, 5.41) is 7.51. The van der Waals surface area contributed by atoms with E-state index in [1.807, 2.05) is 20.1 Å². The van der Waals surface area contributed by atoms with Crippen LogP contribution in [0.15, 0.2) is 15.6 Å². The standard InChI is InChI=1S/C24H28F3N5O3/c1-13-9-32-19-15(8-23(10-28-12-29-11-23)21(32)14(2)34-13)7-16-18(30-35-20(16)17(19)25)22(33)31-5-3-24(26,27)4-6-31/h7,10,13-14,21,29H,3-6,8-9,11-12H2,1-2H3/t13-,14+,21-,23?/m0/s1. The van der Waals surface area contributed by atoms with Crippen molar-refractivity contribution in [3.05, 3.63) is 23.1 Å². The number of amides is 1. The minimum Gasteiger partial charge on any atom is -0.372 e. The van der Waals surface area contributed by atoms with E-state index < -0.39 is 35.9 Å². The maximum atomic E-state index is 16.1. The molecule has 2 aromatic rings. The highest BCUT2D eigenvalue weighted by Crippen LogP contribution is 2.48. The van der Waals surface area contributed by atoms with E-state index in [0.29, 0.717) is 31.9 Å². The summed E-state index contributed by atoms with van der Waals surface area (Å²) in [6.07, 6.45) is 1.41. The molecule has 4 aliphatic heterocycles. The van der Waals surface area contributed by atoms with Crippen molar-refractivity contribution in [3.8, 4) is 0 Å². The third-order valence-electron chi connectivity index (χ3n) is 7.83. The van der Waals surface area contributed by atoms with Crippen LogP contribution in [-0.4, -0.2) is 79.2 Å². The molecular weight excluding hydrogens is 463 g/mol. The molecule has 1 amide bonds. The van der Waals surface area contributed by atoms with Crippen LogP contribution in [0, 0.1) is 11.2 Å². The highest BCUT2D eigenvalue weighted by molar-refractivity contribution is 6.05. The summed E-state index contributed by atoms with van der Waals surface area (Å²) in [5.41, 5.74) is 0.644. The van der Waals surface area contributed by atoms with E-state index in [9.17, 15) is 13.6 Å². The lowest BCUT2D eigenvalue weighted by Gasteiger charge is -2.56. The number of morpholine rings is 1. The van der Waals surface area contributed by atoms with E-state index in [2.05, 4.69) is 20.4 Å². The number of likely N-dealkylation sites (tertiary alicyclic amines) is 1. The first kappa shape index (κ1) is 22.8. The van der Waals surface area contributed by atoms with Crippen molar-refractivity contribution < 1.29 is 27.2 Å². The number of hydrogen-bond acceptors (Lipinski definition) is 7. The fraction of sp³-hybridized carbons (Fsp3) is 0.625. The Bertz CT molecular complexity index is 1210. The summed E-state index contributed by atoms with van der Waals surface area (Å²) in [6, 6.07) is 1.65. The van der Waals surface area contributed by atoms with Crippen molar-refractivity contribution >= 4 is 28.8 Å². The van der Waals surface area contributed by atoms with Gasteiger partial charge in [0.25, 0.3) is 11.8 Å². The molecule has 35 heavy (non-hydrogen) atoms. The monoisotopic (exact) mass is 491 g/mol. The zero-order valence-corrected chi connectivity index (χ0v) is 19.7. The molecule has 1 unspecified atom stereocenters. The van der Waals surface area contributed by atoms with Crippen molar-refractivity contribution in [2.24, 2.45) is 10.4 Å². The molecule has 5 heterocycles. The van der Waals surface area contributed by atoms with E-state index in [0.717, 1.165) is 5.56 Å². The predicted molar refractivity (Wildman–Crippen MR) is 123 cm³/mol. The molecule has 1 spiro atoms. The Morgan fingerprint density at radius 3 is 2.74 bits per heavy atom. The Hall–Kier alpha value is -2.66. The zero-order valence-electron chi connectivity index (χ0n) is 19.7. The molecule has 0 aliphatic carbocycles. The summed E-state index contributed by atoms with van der Waals surface area (Å²) in [6.45, 7) is 5.50. The number of aromatic nitrogens is 1. The number of fused-ring (bicyclic) bond motifs is 5. The first-order valence-corrected chi connectivity index (χ1v) is 12.1. The number of carbonyl (C=O) groups excluding carboxylic acids is 1. The second-order valence-electron chi connectivity index (χ2n) is 10.3. The van der Waals surface area contributed by atoms with Crippen LogP contribution in [0.2, 0.25) is 0 Å². The number of aliphatic imine (C=N–C) groups is 1. The number of rotatable bonds is 1. The first-order valence-electron chi connectivity index (χ1n) is 12.1. The fourth-order valence-corrected chi connectivity index (χ4v) is 6.38. The number of benzene rings is 1. The van der Waals surface area contributed by atoms with E-state index in [1.54, 1.807) is 6.07 Å². The van der Waals surface area contributed by atoms with Crippen LogP contribution in [0.1, 0.15) is 42.7 Å². The molecule has 6 rings (SSSR count). The van der Waals surface area contributed by atoms with Gasteiger partial charge in [0.1, 0.15) is 0 Å². The van der Waals surface area contributed by atoms with Gasteiger partial charge >= 0.3 is 0 Å². The summed E-state index contributed by atoms with van der Waals surface area (Å²) in [5.74, 6) is -3.85. The van der Waals surface area contributed by atoms with Gasteiger partial charge in [0.15, 0.2) is 11.5 Å². The zero-order chi connectivity index (χ0) is 24.5. The van der Waals surface area contributed by atoms with Crippen molar-refractivity contribution in [2.75, 3.05) is 37.7 Å². The number of piperidine rings is 1. The molecule has 0 radical (unpaired) electrons. The van der Waals surface area contributed by atoms with E-state index in [4.69, 9.17) is 9.26 Å². The van der Waals surface area contributed by atoms with Gasteiger partial charge in [0, 0.05) is 50.7 Å². The van der Waals surface area contributed by atoms with Gasteiger partial charge in [-0.1, -0.05) is 5.16 Å². The Morgan fingerprint density at radius 1 is 1.26 bits per heavy atom. The number of hydrogen-bond donors (Lipinski definition) is 1. The molecule has 0 saturated carbocycles. The Kier molecular flexibility index (Phi) is 5.16. The Balaban J connectivity index is 1.45. The maximum absolute atomic E-state index is 16.1. The first-order chi connectivity index (χ1) is 16.7. The Labute approximate surface area is 200 Å². The fourth-order valence-electron chi connectivity index (χ4n) is 6.38. The van der Waals surface area contributed by atoms with Crippen LogP contribution in [0.5, 0.6) is 0 Å². The number of ether oxygens (including phenoxy) is 1. The van der Waals surface area contributed by atoms with Crippen molar-refractivity contribution in [2.45, 2.75) is 57.3 Å². The van der Waals surface area contributed by atoms with Crippen molar-refractivity contribution in [1.82, 2.24) is 15.4 Å². The van der Waals surface area contributed by atoms with Crippen LogP contribution in [0.4, 0.5) is 18.9 Å². The normalized spacial score (nSPS) is 32.1. The van der Waals surface area contributed by atoms with Crippen molar-refractivity contribution in [1.29, 1.82) is 0 Å². The van der Waals surface area contributed by atoms with E-state index in [-0.39, 0.29) is 48.0 Å². The van der Waals surface area contributed by atoms with Crippen LogP contribution < -0.4 is 10.2 Å². The number of halogens is 3. The van der Waals surface area contributed by atoms with Gasteiger partial charge in [-0.25, -0.2) is 13.2 Å². The summed E-state index contributed by atoms with van der Waals surface area (Å²) < 4.78 is 54.7. The van der Waals surface area contributed by atoms with Crippen LogP contribution >= 0.6 is 0 Å². The van der Waals surface area contributed by atoms with Gasteiger partial charge in [0.2, 0.25) is 5.58 Å². The van der Waals surface area contributed by atoms with Crippen molar-refractivity contribution in [3.63, 3.8) is 0 Å². The van der Waals surface area contributed by atoms with E-state index in [1.165, 1.54) is 4.90 Å². The van der Waals surface area contributed by atoms with E-state index >= 15 is 4.39 Å². The van der Waals surface area contributed by atoms with Gasteiger partial charge in [-0.05, 0) is 31.9 Å². The molecule has 188 valence electrons. The Morgan fingerprint density at radius 2 is 2.03 bits per heavy atom. The average molecular weight is 492 g/mol. The van der Waals surface area contributed by atoms with Gasteiger partial charge < -0.3 is 19.1 Å². The minimum absolute atomic E-state index is 0.0396. The molecule has 2 fully saturated rings. The quantitative estimate of drug-likeness (QED) is 0.661. The highest BCUT2D eigenvalue weighted by Gasteiger charge is 2.52. The molecule has 1 aromatic heterocycles. The maximum Gasteiger partial charge on any atom is 0.276 e. The predicted octanol–water partition coefficient (Wildman–Crippen LogP) is 2.99. The van der Waals surface area contributed by atoms with Gasteiger partial charge in [0.05, 0.1) is 36.0 Å². The molecule has 1 aromatic carbocycles. The number of carbonyl (C=O) groups is 1. The highest BCUT2D eigenvalue weighted by atomic mass is 19.3. The molecule has 4 atom stereocenters. The molecule has 11 heteroatoms. The number of nitrogens with zero attached hydrogens (tertiary/aromatic N) is 4. The molecule has 1 N–H and O–H groups in total. The summed E-state index contributed by atoms with van der Waals surface area (Å²) in [7, 11) is 0. The lowest BCUT2D eigenvalue weighted by molar-refractivity contribution is -0.0523. The average Bonchev–Trinajstić information content (AvgIpc) is 3.22. The molecule has 2 saturated heterocycles.